The van der Waals surface area contributed by atoms with Crippen molar-refractivity contribution >= 4 is 17.9 Å². The van der Waals surface area contributed by atoms with Crippen LogP contribution in [-0.4, -0.2) is 101 Å². The molecule has 0 aromatic carbocycles. The van der Waals surface area contributed by atoms with E-state index in [2.05, 4.69) is 26.1 Å². The van der Waals surface area contributed by atoms with E-state index in [1.165, 1.54) is 0 Å². The number of carbonyl (C=O) groups is 2. The lowest BCUT2D eigenvalue weighted by Crippen LogP contribution is -2.40. The number of nitrogens with zero attached hydrogens (tertiary/aromatic N) is 3. The standard InChI is InChI=1S/C23H44N3O4/c1-7-24-21(23(28)19(2)3)18-20-8-11-25(12-9-20)22(27)10-14-29-16-17-30-15-13-26(4,5)6/h7,19-21H,8-18H2,1-6H3/q+1. The molecule has 0 spiro atoms. The maximum Gasteiger partial charge on any atom is 0.224 e. The number of ketones is 1. The van der Waals surface area contributed by atoms with Gasteiger partial charge in [0.1, 0.15) is 12.6 Å². The van der Waals surface area contributed by atoms with E-state index in [9.17, 15) is 9.59 Å². The summed E-state index contributed by atoms with van der Waals surface area (Å²) in [6.07, 6.45) is 4.82. The Morgan fingerprint density at radius 3 is 2.20 bits per heavy atom. The molecule has 0 bridgehead atoms. The van der Waals surface area contributed by atoms with Gasteiger partial charge < -0.3 is 18.9 Å². The van der Waals surface area contributed by atoms with Gasteiger partial charge in [0.25, 0.3) is 0 Å². The lowest BCUT2D eigenvalue weighted by molar-refractivity contribution is -0.870. The molecular weight excluding hydrogens is 382 g/mol. The second-order valence-electron chi connectivity index (χ2n) is 9.53. The SMILES string of the molecule is CC=NC(CC1CCN(C(=O)CCOCCOCC[N+](C)(C)C)CC1)C(=O)C(C)C. The fourth-order valence-electron chi connectivity index (χ4n) is 3.53. The molecule has 1 saturated heterocycles. The van der Waals surface area contributed by atoms with E-state index in [1.54, 1.807) is 6.21 Å². The first-order chi connectivity index (χ1) is 14.1. The lowest BCUT2D eigenvalue weighted by Gasteiger charge is -2.33. The van der Waals surface area contributed by atoms with Gasteiger partial charge in [-0.05, 0) is 38.3 Å². The van der Waals surface area contributed by atoms with Crippen molar-refractivity contribution in [3.63, 3.8) is 0 Å². The van der Waals surface area contributed by atoms with Gasteiger partial charge in [-0.25, -0.2) is 0 Å². The molecule has 1 atom stereocenters. The van der Waals surface area contributed by atoms with Crippen LogP contribution in [0.4, 0.5) is 0 Å². The number of rotatable bonds is 14. The summed E-state index contributed by atoms with van der Waals surface area (Å²) in [5, 5.41) is 0. The highest BCUT2D eigenvalue weighted by Crippen LogP contribution is 2.24. The summed E-state index contributed by atoms with van der Waals surface area (Å²) in [6, 6.07) is -0.236. The number of likely N-dealkylation sites (N-methyl/N-ethyl adjacent to an activating group) is 1. The Bertz CT molecular complexity index is 535. The Labute approximate surface area is 183 Å². The molecule has 7 nitrogen and oxygen atoms in total. The van der Waals surface area contributed by atoms with E-state index in [0.29, 0.717) is 38.8 Å². The summed E-state index contributed by atoms with van der Waals surface area (Å²) in [5.74, 6) is 0.819. The normalized spacial score (nSPS) is 17.1. The summed E-state index contributed by atoms with van der Waals surface area (Å²) < 4.78 is 12.0. The third-order valence-corrected chi connectivity index (χ3v) is 5.49. The predicted octanol–water partition coefficient (Wildman–Crippen LogP) is 2.43. The van der Waals surface area contributed by atoms with Crippen LogP contribution < -0.4 is 0 Å². The molecule has 0 aliphatic carbocycles. The zero-order valence-electron chi connectivity index (χ0n) is 20.1. The smallest absolute Gasteiger partial charge is 0.224 e. The Morgan fingerprint density at radius 1 is 1.07 bits per heavy atom. The van der Waals surface area contributed by atoms with Crippen molar-refractivity contribution in [3.8, 4) is 0 Å². The summed E-state index contributed by atoms with van der Waals surface area (Å²) >= 11 is 0. The van der Waals surface area contributed by atoms with Gasteiger partial charge in [0.2, 0.25) is 5.91 Å². The van der Waals surface area contributed by atoms with Crippen molar-refractivity contribution in [3.05, 3.63) is 0 Å². The third kappa shape index (κ3) is 11.2. The number of likely N-dealkylation sites (tertiary alicyclic amines) is 1. The highest BCUT2D eigenvalue weighted by atomic mass is 16.5. The molecule has 1 rings (SSSR count). The van der Waals surface area contributed by atoms with Gasteiger partial charge in [-0.15, -0.1) is 0 Å². The largest absolute Gasteiger partial charge is 0.379 e. The molecule has 1 fully saturated rings. The number of Topliss-reactive ketones (excluding diaryl/α,β-unsaturated/α-hetero) is 1. The molecule has 1 amide bonds. The van der Waals surface area contributed by atoms with Gasteiger partial charge in [0.05, 0.1) is 54.0 Å². The second kappa shape index (κ2) is 13.9. The molecular formula is C23H44N3O4+. The van der Waals surface area contributed by atoms with Crippen LogP contribution in [-0.2, 0) is 19.1 Å². The van der Waals surface area contributed by atoms with Crippen LogP contribution in [0.25, 0.3) is 0 Å². The third-order valence-electron chi connectivity index (χ3n) is 5.49. The van der Waals surface area contributed by atoms with E-state index in [4.69, 9.17) is 9.47 Å². The van der Waals surface area contributed by atoms with E-state index < -0.39 is 0 Å². The maximum atomic E-state index is 12.4. The molecule has 0 aromatic rings. The Hall–Kier alpha value is -1.31. The minimum Gasteiger partial charge on any atom is -0.379 e. The van der Waals surface area contributed by atoms with Gasteiger partial charge in [-0.3, -0.25) is 14.6 Å². The predicted molar refractivity (Wildman–Crippen MR) is 121 cm³/mol. The quantitative estimate of drug-likeness (QED) is 0.243. The molecule has 1 heterocycles. The molecule has 1 aliphatic rings. The van der Waals surface area contributed by atoms with Crippen LogP contribution in [0.3, 0.4) is 0 Å². The van der Waals surface area contributed by atoms with Crippen molar-refractivity contribution in [1.29, 1.82) is 0 Å². The minimum absolute atomic E-state index is 0.00317. The fourth-order valence-corrected chi connectivity index (χ4v) is 3.53. The lowest BCUT2D eigenvalue weighted by atomic mass is 9.87. The minimum atomic E-state index is -0.236. The summed E-state index contributed by atoms with van der Waals surface area (Å²) in [5.41, 5.74) is 0. The van der Waals surface area contributed by atoms with Crippen LogP contribution in [0.15, 0.2) is 4.99 Å². The van der Waals surface area contributed by atoms with Gasteiger partial charge in [0, 0.05) is 19.0 Å². The van der Waals surface area contributed by atoms with Crippen LogP contribution >= 0.6 is 0 Å². The van der Waals surface area contributed by atoms with Gasteiger partial charge >= 0.3 is 0 Å². The second-order valence-corrected chi connectivity index (χ2v) is 9.53. The molecule has 0 N–H and O–H groups in total. The topological polar surface area (TPSA) is 68.2 Å². The number of aliphatic imine (C=N–C) groups is 1. The molecule has 174 valence electrons. The molecule has 1 aliphatic heterocycles. The Morgan fingerprint density at radius 2 is 1.67 bits per heavy atom. The first-order valence-corrected chi connectivity index (χ1v) is 11.4. The van der Waals surface area contributed by atoms with Crippen molar-refractivity contribution in [1.82, 2.24) is 4.90 Å². The van der Waals surface area contributed by atoms with E-state index in [0.717, 1.165) is 43.4 Å². The number of hydrogen-bond acceptors (Lipinski definition) is 5. The van der Waals surface area contributed by atoms with Crippen molar-refractivity contribution in [2.75, 3.05) is 67.2 Å². The average Bonchev–Trinajstić information content (AvgIpc) is 2.68. The van der Waals surface area contributed by atoms with E-state index in [-0.39, 0.29) is 23.7 Å². The number of hydrogen-bond donors (Lipinski definition) is 0. The van der Waals surface area contributed by atoms with Gasteiger partial charge in [-0.1, -0.05) is 13.8 Å². The highest BCUT2D eigenvalue weighted by Gasteiger charge is 2.28. The van der Waals surface area contributed by atoms with E-state index in [1.807, 2.05) is 25.7 Å². The van der Waals surface area contributed by atoms with Crippen LogP contribution in [0.1, 0.15) is 46.5 Å². The molecule has 7 heteroatoms. The number of quaternary nitrogens is 1. The first kappa shape index (κ1) is 26.7. The zero-order chi connectivity index (χ0) is 22.6. The van der Waals surface area contributed by atoms with Crippen LogP contribution in [0.2, 0.25) is 0 Å². The molecule has 0 aromatic heterocycles. The van der Waals surface area contributed by atoms with Crippen molar-refractivity contribution in [2.24, 2.45) is 16.8 Å². The number of carbonyl (C=O) groups excluding carboxylic acids is 2. The highest BCUT2D eigenvalue weighted by molar-refractivity contribution is 5.86. The van der Waals surface area contributed by atoms with Crippen molar-refractivity contribution in [2.45, 2.75) is 52.5 Å². The molecule has 0 radical (unpaired) electrons. The zero-order valence-corrected chi connectivity index (χ0v) is 20.1. The Balaban J connectivity index is 2.19. The number of ether oxygens (including phenoxy) is 2. The maximum absolute atomic E-state index is 12.4. The van der Waals surface area contributed by atoms with Crippen LogP contribution in [0, 0.1) is 11.8 Å². The van der Waals surface area contributed by atoms with E-state index >= 15 is 0 Å². The Kier molecular flexibility index (Phi) is 12.4. The monoisotopic (exact) mass is 426 g/mol. The number of piperidine rings is 1. The summed E-state index contributed by atoms with van der Waals surface area (Å²) in [6.45, 7) is 10.5. The average molecular weight is 427 g/mol. The molecule has 0 saturated carbocycles. The van der Waals surface area contributed by atoms with Crippen molar-refractivity contribution < 1.29 is 23.5 Å². The van der Waals surface area contributed by atoms with Gasteiger partial charge in [0.15, 0.2) is 5.78 Å². The summed E-state index contributed by atoms with van der Waals surface area (Å²) in [7, 11) is 6.41. The molecule has 30 heavy (non-hydrogen) atoms. The van der Waals surface area contributed by atoms with Gasteiger partial charge in [-0.2, -0.15) is 0 Å². The number of amides is 1. The van der Waals surface area contributed by atoms with Crippen LogP contribution in [0.5, 0.6) is 0 Å². The first-order valence-electron chi connectivity index (χ1n) is 11.4. The fraction of sp³-hybridized carbons (Fsp3) is 0.870. The summed E-state index contributed by atoms with van der Waals surface area (Å²) in [4.78, 5) is 31.1. The molecule has 1 unspecified atom stereocenters.